The van der Waals surface area contributed by atoms with E-state index in [2.05, 4.69) is 65.6 Å². The van der Waals surface area contributed by atoms with E-state index in [1.54, 1.807) is 0 Å². The van der Waals surface area contributed by atoms with Gasteiger partial charge in [0.05, 0.1) is 6.04 Å². The first-order valence-corrected chi connectivity index (χ1v) is 11.8. The molecular weight excluding hydrogens is 354 g/mol. The normalized spacial score (nSPS) is 21.2. The lowest BCUT2D eigenvalue weighted by Gasteiger charge is -2.48. The minimum atomic E-state index is 0.0578. The highest BCUT2D eigenvalue weighted by atomic mass is 16.5. The summed E-state index contributed by atoms with van der Waals surface area (Å²) in [5.74, 6) is 0. The van der Waals surface area contributed by atoms with Crippen LogP contribution in [0.3, 0.4) is 0 Å². The molecular formula is C27H37NO. The molecule has 0 radical (unpaired) electrons. The minimum absolute atomic E-state index is 0.0578. The number of methoxy groups -OCH3 is 1. The van der Waals surface area contributed by atoms with Crippen molar-refractivity contribution < 1.29 is 4.74 Å². The first-order valence-electron chi connectivity index (χ1n) is 11.8. The maximum atomic E-state index is 6.27. The van der Waals surface area contributed by atoms with E-state index in [1.165, 1.54) is 75.3 Å². The van der Waals surface area contributed by atoms with Crippen LogP contribution in [0, 0.1) is 0 Å². The summed E-state index contributed by atoms with van der Waals surface area (Å²) >= 11 is 0. The summed E-state index contributed by atoms with van der Waals surface area (Å²) in [5.41, 5.74) is 2.69. The maximum absolute atomic E-state index is 6.27. The fourth-order valence-electron chi connectivity index (χ4n) is 5.75. The summed E-state index contributed by atoms with van der Waals surface area (Å²) in [6, 6.07) is 23.7. The van der Waals surface area contributed by atoms with Crippen LogP contribution in [0.2, 0.25) is 0 Å². The third kappa shape index (κ3) is 4.92. The zero-order chi connectivity index (χ0) is 19.9. The van der Waals surface area contributed by atoms with Crippen LogP contribution in [0.1, 0.15) is 87.5 Å². The van der Waals surface area contributed by atoms with E-state index in [0.29, 0.717) is 12.1 Å². The highest BCUT2D eigenvalue weighted by molar-refractivity contribution is 5.27. The molecule has 0 bridgehead atoms. The summed E-state index contributed by atoms with van der Waals surface area (Å²) < 4.78 is 6.27. The highest BCUT2D eigenvalue weighted by Crippen LogP contribution is 2.43. The number of ether oxygens (including phenoxy) is 1. The van der Waals surface area contributed by atoms with E-state index in [9.17, 15) is 0 Å². The van der Waals surface area contributed by atoms with Crippen molar-refractivity contribution in [2.45, 2.75) is 88.4 Å². The summed E-state index contributed by atoms with van der Waals surface area (Å²) in [5, 5.41) is 0. The molecule has 0 spiro atoms. The van der Waals surface area contributed by atoms with Crippen LogP contribution >= 0.6 is 0 Å². The maximum Gasteiger partial charge on any atom is 0.102 e. The lowest BCUT2D eigenvalue weighted by Crippen LogP contribution is -2.49. The molecule has 0 unspecified atom stereocenters. The second-order valence-corrected chi connectivity index (χ2v) is 8.95. The molecule has 2 aliphatic carbocycles. The predicted octanol–water partition coefficient (Wildman–Crippen LogP) is 7.08. The standard InChI is InChI=1S/C27H37NO/c1-29-27(23-16-8-3-9-17-23)26(22-14-6-2-7-15-22)28(24-18-10-4-11-19-24)25-20-12-5-13-21-25/h2-3,6-9,14-17,24-27H,4-5,10-13,18-21H2,1H3/t26-,27-/m1/s1. The minimum Gasteiger partial charge on any atom is -0.375 e. The molecule has 2 heteroatoms. The van der Waals surface area contributed by atoms with Crippen molar-refractivity contribution in [2.75, 3.05) is 7.11 Å². The van der Waals surface area contributed by atoms with Gasteiger partial charge in [0.15, 0.2) is 0 Å². The third-order valence-corrected chi connectivity index (χ3v) is 7.12. The Morgan fingerprint density at radius 2 is 1.10 bits per heavy atom. The second kappa shape index (κ2) is 10.4. The molecule has 2 aliphatic rings. The Bertz CT molecular complexity index is 686. The smallest absolute Gasteiger partial charge is 0.102 e. The topological polar surface area (TPSA) is 12.5 Å². The molecule has 29 heavy (non-hydrogen) atoms. The molecule has 2 aromatic carbocycles. The first kappa shape index (κ1) is 20.6. The Balaban J connectivity index is 1.76. The summed E-state index contributed by atoms with van der Waals surface area (Å²) in [7, 11) is 1.90. The molecule has 2 aromatic rings. The van der Waals surface area contributed by atoms with Crippen molar-refractivity contribution in [1.82, 2.24) is 4.90 Å². The average molecular weight is 392 g/mol. The van der Waals surface area contributed by atoms with Crippen molar-refractivity contribution in [1.29, 1.82) is 0 Å². The van der Waals surface area contributed by atoms with Crippen LogP contribution in [0.25, 0.3) is 0 Å². The first-order chi connectivity index (χ1) is 14.4. The zero-order valence-electron chi connectivity index (χ0n) is 18.0. The number of nitrogens with zero attached hydrogens (tertiary/aromatic N) is 1. The van der Waals surface area contributed by atoms with Gasteiger partial charge in [0.1, 0.15) is 6.10 Å². The van der Waals surface area contributed by atoms with Crippen LogP contribution in [0.15, 0.2) is 60.7 Å². The van der Waals surface area contributed by atoms with E-state index < -0.39 is 0 Å². The number of hydrogen-bond donors (Lipinski definition) is 0. The molecule has 0 N–H and O–H groups in total. The number of hydrogen-bond acceptors (Lipinski definition) is 2. The van der Waals surface area contributed by atoms with Gasteiger partial charge in [-0.25, -0.2) is 0 Å². The Hall–Kier alpha value is -1.64. The molecule has 0 aromatic heterocycles. The molecule has 2 atom stereocenters. The van der Waals surface area contributed by atoms with E-state index in [4.69, 9.17) is 4.74 Å². The van der Waals surface area contributed by atoms with Crippen LogP contribution in [-0.2, 0) is 4.74 Å². The quantitative estimate of drug-likeness (QED) is 0.500. The van der Waals surface area contributed by atoms with Crippen molar-refractivity contribution in [3.05, 3.63) is 71.8 Å². The SMILES string of the molecule is CO[C@H](c1ccccc1)[C@@H](c1ccccc1)N(C1CCCCC1)C1CCCCC1. The molecule has 2 fully saturated rings. The molecule has 0 amide bonds. The molecule has 0 saturated heterocycles. The van der Waals surface area contributed by atoms with Gasteiger partial charge in [0, 0.05) is 19.2 Å². The largest absolute Gasteiger partial charge is 0.375 e. The lowest BCUT2D eigenvalue weighted by atomic mass is 9.84. The van der Waals surface area contributed by atoms with Crippen molar-refractivity contribution in [3.63, 3.8) is 0 Å². The van der Waals surface area contributed by atoms with Gasteiger partial charge in [-0.05, 0) is 36.8 Å². The Morgan fingerprint density at radius 1 is 0.655 bits per heavy atom. The molecule has 0 heterocycles. The zero-order valence-corrected chi connectivity index (χ0v) is 18.0. The molecule has 2 nitrogen and oxygen atoms in total. The van der Waals surface area contributed by atoms with E-state index in [-0.39, 0.29) is 12.1 Å². The molecule has 156 valence electrons. The average Bonchev–Trinajstić information content (AvgIpc) is 2.81. The summed E-state index contributed by atoms with van der Waals surface area (Å²) in [6.07, 6.45) is 13.7. The number of rotatable bonds is 7. The van der Waals surface area contributed by atoms with E-state index in [0.717, 1.165) is 0 Å². The Kier molecular flexibility index (Phi) is 7.40. The third-order valence-electron chi connectivity index (χ3n) is 7.12. The Labute approximate surface area is 177 Å². The van der Waals surface area contributed by atoms with Crippen LogP contribution < -0.4 is 0 Å². The lowest BCUT2D eigenvalue weighted by molar-refractivity contribution is -0.0450. The molecule has 0 aliphatic heterocycles. The fourth-order valence-corrected chi connectivity index (χ4v) is 5.75. The van der Waals surface area contributed by atoms with Gasteiger partial charge in [0.2, 0.25) is 0 Å². The van der Waals surface area contributed by atoms with Gasteiger partial charge in [-0.1, -0.05) is 99.2 Å². The van der Waals surface area contributed by atoms with Crippen molar-refractivity contribution in [3.8, 4) is 0 Å². The van der Waals surface area contributed by atoms with Gasteiger partial charge in [-0.15, -0.1) is 0 Å². The second-order valence-electron chi connectivity index (χ2n) is 8.95. The van der Waals surface area contributed by atoms with Gasteiger partial charge in [0.25, 0.3) is 0 Å². The number of benzene rings is 2. The highest BCUT2D eigenvalue weighted by Gasteiger charge is 2.39. The Morgan fingerprint density at radius 3 is 1.55 bits per heavy atom. The van der Waals surface area contributed by atoms with Crippen LogP contribution in [0.4, 0.5) is 0 Å². The molecule has 2 saturated carbocycles. The fraction of sp³-hybridized carbons (Fsp3) is 0.556. The summed E-state index contributed by atoms with van der Waals surface area (Å²) in [4.78, 5) is 2.93. The van der Waals surface area contributed by atoms with Crippen LogP contribution in [0.5, 0.6) is 0 Å². The molecule has 4 rings (SSSR count). The van der Waals surface area contributed by atoms with E-state index in [1.807, 2.05) is 7.11 Å². The predicted molar refractivity (Wildman–Crippen MR) is 121 cm³/mol. The summed E-state index contributed by atoms with van der Waals surface area (Å²) in [6.45, 7) is 0. The monoisotopic (exact) mass is 391 g/mol. The van der Waals surface area contributed by atoms with Gasteiger partial charge < -0.3 is 4.74 Å². The van der Waals surface area contributed by atoms with Crippen molar-refractivity contribution in [2.24, 2.45) is 0 Å². The van der Waals surface area contributed by atoms with Gasteiger partial charge >= 0.3 is 0 Å². The van der Waals surface area contributed by atoms with Crippen molar-refractivity contribution >= 4 is 0 Å². The van der Waals surface area contributed by atoms with E-state index >= 15 is 0 Å². The van der Waals surface area contributed by atoms with Gasteiger partial charge in [-0.2, -0.15) is 0 Å². The van der Waals surface area contributed by atoms with Gasteiger partial charge in [-0.3, -0.25) is 4.90 Å². The van der Waals surface area contributed by atoms with Crippen LogP contribution in [-0.4, -0.2) is 24.1 Å².